The van der Waals surface area contributed by atoms with Gasteiger partial charge in [-0.2, -0.15) is 5.10 Å². The standard InChI is InChI=1S/C14H14N6O4S/c1-19-13-11(6-17-19)14(22)20(8-16-13)7-12(21)18-9-3-2-4-10(5-9)25(15,23)24/h2-6,8H,7H2,1H3,(H,18,21)(H2,15,23,24). The first-order valence-electron chi connectivity index (χ1n) is 7.05. The average Bonchev–Trinajstić information content (AvgIpc) is 2.91. The summed E-state index contributed by atoms with van der Waals surface area (Å²) in [6.07, 6.45) is 2.64. The number of hydrogen-bond acceptors (Lipinski definition) is 6. The van der Waals surface area contributed by atoms with Crippen molar-refractivity contribution < 1.29 is 13.2 Å². The zero-order valence-corrected chi connectivity index (χ0v) is 13.9. The maximum absolute atomic E-state index is 12.3. The molecular weight excluding hydrogens is 348 g/mol. The Bertz CT molecular complexity index is 1130. The van der Waals surface area contributed by atoms with Gasteiger partial charge in [-0.3, -0.25) is 18.8 Å². The lowest BCUT2D eigenvalue weighted by atomic mass is 10.3. The molecule has 11 heteroatoms. The molecule has 0 unspecified atom stereocenters. The second-order valence-electron chi connectivity index (χ2n) is 5.30. The minimum atomic E-state index is -3.87. The zero-order chi connectivity index (χ0) is 18.2. The van der Waals surface area contributed by atoms with Crippen LogP contribution in [0.2, 0.25) is 0 Å². The Hall–Kier alpha value is -3.05. The van der Waals surface area contributed by atoms with E-state index >= 15 is 0 Å². The number of benzene rings is 1. The highest BCUT2D eigenvalue weighted by molar-refractivity contribution is 7.89. The van der Waals surface area contributed by atoms with E-state index in [1.165, 1.54) is 41.5 Å². The molecule has 3 aromatic rings. The van der Waals surface area contributed by atoms with E-state index in [1.54, 1.807) is 7.05 Å². The predicted molar refractivity (Wildman–Crippen MR) is 89.2 cm³/mol. The van der Waals surface area contributed by atoms with E-state index < -0.39 is 21.5 Å². The van der Waals surface area contributed by atoms with Crippen molar-refractivity contribution in [3.8, 4) is 0 Å². The van der Waals surface area contributed by atoms with Crippen LogP contribution in [0.4, 0.5) is 5.69 Å². The summed E-state index contributed by atoms with van der Waals surface area (Å²) in [4.78, 5) is 28.4. The van der Waals surface area contributed by atoms with Gasteiger partial charge in [0.15, 0.2) is 5.65 Å². The lowest BCUT2D eigenvalue weighted by Gasteiger charge is -2.08. The number of aryl methyl sites for hydroxylation is 1. The third-order valence-electron chi connectivity index (χ3n) is 3.48. The fraction of sp³-hybridized carbons (Fsp3) is 0.143. The van der Waals surface area contributed by atoms with Crippen LogP contribution >= 0.6 is 0 Å². The molecule has 3 N–H and O–H groups in total. The quantitative estimate of drug-likeness (QED) is 0.635. The molecule has 1 amide bonds. The van der Waals surface area contributed by atoms with E-state index in [0.29, 0.717) is 11.0 Å². The Morgan fingerprint density at radius 2 is 2.12 bits per heavy atom. The fourth-order valence-electron chi connectivity index (χ4n) is 2.29. The number of primary sulfonamides is 1. The number of nitrogens with one attached hydrogen (secondary N) is 1. The molecule has 25 heavy (non-hydrogen) atoms. The SMILES string of the molecule is Cn1ncc2c(=O)n(CC(=O)Nc3cccc(S(N)(=O)=O)c3)cnc21. The number of aromatic nitrogens is 4. The molecule has 2 heterocycles. The number of anilines is 1. The monoisotopic (exact) mass is 362 g/mol. The molecule has 0 saturated carbocycles. The van der Waals surface area contributed by atoms with Crippen LogP contribution in [-0.2, 0) is 28.4 Å². The van der Waals surface area contributed by atoms with Crippen LogP contribution in [0.25, 0.3) is 11.0 Å². The summed E-state index contributed by atoms with van der Waals surface area (Å²) in [6, 6.07) is 5.51. The van der Waals surface area contributed by atoms with Crippen LogP contribution in [0.3, 0.4) is 0 Å². The van der Waals surface area contributed by atoms with E-state index in [-0.39, 0.29) is 17.1 Å². The molecule has 0 spiro atoms. The molecule has 2 aromatic heterocycles. The van der Waals surface area contributed by atoms with Crippen LogP contribution in [0.5, 0.6) is 0 Å². The third kappa shape index (κ3) is 3.41. The molecule has 0 saturated heterocycles. The summed E-state index contributed by atoms with van der Waals surface area (Å²) in [5.74, 6) is -0.515. The number of amides is 1. The number of sulfonamides is 1. The molecule has 0 aliphatic rings. The summed E-state index contributed by atoms with van der Waals surface area (Å²) in [7, 11) is -2.22. The van der Waals surface area contributed by atoms with Crippen LogP contribution in [-0.4, -0.2) is 33.7 Å². The summed E-state index contributed by atoms with van der Waals surface area (Å²) in [6.45, 7) is -0.281. The molecule has 130 valence electrons. The fourth-order valence-corrected chi connectivity index (χ4v) is 2.84. The minimum absolute atomic E-state index is 0.124. The van der Waals surface area contributed by atoms with Gasteiger partial charge in [-0.25, -0.2) is 18.5 Å². The van der Waals surface area contributed by atoms with Gasteiger partial charge in [-0.1, -0.05) is 6.07 Å². The third-order valence-corrected chi connectivity index (χ3v) is 4.39. The molecular formula is C14H14N6O4S. The first kappa shape index (κ1) is 16.8. The number of rotatable bonds is 4. The largest absolute Gasteiger partial charge is 0.324 e. The molecule has 0 bridgehead atoms. The van der Waals surface area contributed by atoms with E-state index in [1.807, 2.05) is 0 Å². The van der Waals surface area contributed by atoms with Crippen LogP contribution in [0.1, 0.15) is 0 Å². The normalized spacial score (nSPS) is 11.6. The van der Waals surface area contributed by atoms with E-state index in [2.05, 4.69) is 15.4 Å². The molecule has 10 nitrogen and oxygen atoms in total. The lowest BCUT2D eigenvalue weighted by molar-refractivity contribution is -0.116. The van der Waals surface area contributed by atoms with Gasteiger partial charge >= 0.3 is 0 Å². The van der Waals surface area contributed by atoms with Crippen molar-refractivity contribution in [1.82, 2.24) is 19.3 Å². The van der Waals surface area contributed by atoms with Crippen LogP contribution < -0.4 is 16.0 Å². The number of hydrogen-bond donors (Lipinski definition) is 2. The van der Waals surface area contributed by atoms with Crippen molar-refractivity contribution in [3.05, 3.63) is 47.1 Å². The van der Waals surface area contributed by atoms with Crippen LogP contribution in [0, 0.1) is 0 Å². The Labute approximate surface area is 141 Å². The van der Waals surface area contributed by atoms with Crippen LogP contribution in [0.15, 0.2) is 46.5 Å². The number of carbonyl (C=O) groups is 1. The van der Waals surface area contributed by atoms with E-state index in [9.17, 15) is 18.0 Å². The van der Waals surface area contributed by atoms with Crippen molar-refractivity contribution >= 4 is 32.7 Å². The highest BCUT2D eigenvalue weighted by Crippen LogP contribution is 2.14. The first-order chi connectivity index (χ1) is 11.8. The van der Waals surface area contributed by atoms with Gasteiger partial charge in [-0.15, -0.1) is 0 Å². The first-order valence-corrected chi connectivity index (χ1v) is 8.60. The van der Waals surface area contributed by atoms with Crippen molar-refractivity contribution in [2.24, 2.45) is 12.2 Å². The van der Waals surface area contributed by atoms with E-state index in [0.717, 1.165) is 4.57 Å². The molecule has 0 aliphatic carbocycles. The molecule has 0 radical (unpaired) electrons. The summed E-state index contributed by atoms with van der Waals surface area (Å²) in [5.41, 5.74) is 0.272. The van der Waals surface area contributed by atoms with Crippen molar-refractivity contribution in [1.29, 1.82) is 0 Å². The Kier molecular flexibility index (Phi) is 4.10. The summed E-state index contributed by atoms with van der Waals surface area (Å²) >= 11 is 0. The number of carbonyl (C=O) groups excluding carboxylic acids is 1. The number of nitrogens with zero attached hydrogens (tertiary/aromatic N) is 4. The number of nitrogens with two attached hydrogens (primary N) is 1. The average molecular weight is 362 g/mol. The smallest absolute Gasteiger partial charge is 0.264 e. The van der Waals surface area contributed by atoms with Gasteiger partial charge in [-0.05, 0) is 18.2 Å². The second-order valence-corrected chi connectivity index (χ2v) is 6.87. The van der Waals surface area contributed by atoms with Gasteiger partial charge in [0, 0.05) is 12.7 Å². The van der Waals surface area contributed by atoms with Gasteiger partial charge in [0.1, 0.15) is 18.3 Å². The van der Waals surface area contributed by atoms with Crippen molar-refractivity contribution in [2.45, 2.75) is 11.4 Å². The number of fused-ring (bicyclic) bond motifs is 1. The maximum atomic E-state index is 12.3. The van der Waals surface area contributed by atoms with Gasteiger partial charge in [0.25, 0.3) is 5.56 Å². The highest BCUT2D eigenvalue weighted by Gasteiger charge is 2.12. The zero-order valence-electron chi connectivity index (χ0n) is 13.1. The topological polar surface area (TPSA) is 142 Å². The Morgan fingerprint density at radius 3 is 2.84 bits per heavy atom. The van der Waals surface area contributed by atoms with Gasteiger partial charge in [0.2, 0.25) is 15.9 Å². The van der Waals surface area contributed by atoms with Gasteiger partial charge in [0.05, 0.1) is 11.1 Å². The minimum Gasteiger partial charge on any atom is -0.324 e. The summed E-state index contributed by atoms with van der Waals surface area (Å²) in [5, 5.41) is 11.8. The lowest BCUT2D eigenvalue weighted by Crippen LogP contribution is -2.28. The van der Waals surface area contributed by atoms with E-state index in [4.69, 9.17) is 5.14 Å². The molecule has 3 rings (SSSR count). The molecule has 0 atom stereocenters. The molecule has 0 aliphatic heterocycles. The Balaban J connectivity index is 1.82. The van der Waals surface area contributed by atoms with Crippen molar-refractivity contribution in [3.63, 3.8) is 0 Å². The Morgan fingerprint density at radius 1 is 1.36 bits per heavy atom. The predicted octanol–water partition coefficient (Wildman–Crippen LogP) is -0.584. The summed E-state index contributed by atoms with van der Waals surface area (Å²) < 4.78 is 25.3. The van der Waals surface area contributed by atoms with Gasteiger partial charge < -0.3 is 5.32 Å². The second kappa shape index (κ2) is 6.11. The maximum Gasteiger partial charge on any atom is 0.264 e. The highest BCUT2D eigenvalue weighted by atomic mass is 32.2. The van der Waals surface area contributed by atoms with Crippen molar-refractivity contribution in [2.75, 3.05) is 5.32 Å². The molecule has 0 fully saturated rings. The molecule has 1 aromatic carbocycles.